The van der Waals surface area contributed by atoms with E-state index in [0.717, 1.165) is 29.0 Å². The first-order valence-electron chi connectivity index (χ1n) is 5.94. The molecule has 0 amide bonds. The third-order valence-corrected chi connectivity index (χ3v) is 3.78. The molecule has 1 aromatic carbocycles. The van der Waals surface area contributed by atoms with Gasteiger partial charge in [-0.15, -0.1) is 0 Å². The van der Waals surface area contributed by atoms with Gasteiger partial charge in [0.15, 0.2) is 0 Å². The zero-order valence-electron chi connectivity index (χ0n) is 9.38. The number of rotatable bonds is 6. The van der Waals surface area contributed by atoms with Crippen molar-refractivity contribution in [3.63, 3.8) is 0 Å². The number of nitrogens with one attached hydrogen (secondary N) is 1. The van der Waals surface area contributed by atoms with Crippen LogP contribution in [-0.2, 0) is 6.54 Å². The fourth-order valence-corrected chi connectivity index (χ4v) is 2.23. The van der Waals surface area contributed by atoms with Crippen LogP contribution in [-0.4, -0.2) is 11.7 Å². The summed E-state index contributed by atoms with van der Waals surface area (Å²) < 4.78 is 1.06. The highest BCUT2D eigenvalue weighted by Gasteiger charge is 2.19. The van der Waals surface area contributed by atoms with Gasteiger partial charge in [0, 0.05) is 11.0 Å². The topological polar surface area (TPSA) is 32.3 Å². The van der Waals surface area contributed by atoms with E-state index in [1.807, 2.05) is 6.07 Å². The third-order valence-electron chi connectivity index (χ3n) is 3.01. The van der Waals surface area contributed by atoms with Gasteiger partial charge in [-0.3, -0.25) is 0 Å². The lowest BCUT2D eigenvalue weighted by Crippen LogP contribution is -2.15. The predicted octanol–water partition coefficient (Wildman–Crippen LogP) is 3.43. The molecule has 0 heterocycles. The summed E-state index contributed by atoms with van der Waals surface area (Å²) in [6.45, 7) is 1.89. The van der Waals surface area contributed by atoms with Gasteiger partial charge in [-0.2, -0.15) is 0 Å². The van der Waals surface area contributed by atoms with E-state index in [-0.39, 0.29) is 0 Å². The summed E-state index contributed by atoms with van der Waals surface area (Å²) in [5.41, 5.74) is 1.12. The fourth-order valence-electron chi connectivity index (χ4n) is 1.84. The molecule has 1 aliphatic carbocycles. The minimum Gasteiger partial charge on any atom is -0.508 e. The Morgan fingerprint density at radius 3 is 2.94 bits per heavy atom. The van der Waals surface area contributed by atoms with Gasteiger partial charge >= 0.3 is 0 Å². The van der Waals surface area contributed by atoms with Crippen LogP contribution in [0.2, 0.25) is 0 Å². The van der Waals surface area contributed by atoms with Gasteiger partial charge in [0.2, 0.25) is 0 Å². The maximum Gasteiger partial charge on any atom is 0.115 e. The summed E-state index contributed by atoms with van der Waals surface area (Å²) >= 11 is 3.48. The molecular weight excluding hydrogens is 266 g/mol. The van der Waals surface area contributed by atoms with Crippen LogP contribution in [0.5, 0.6) is 5.75 Å². The molecule has 1 aliphatic rings. The van der Waals surface area contributed by atoms with Crippen molar-refractivity contribution in [1.82, 2.24) is 5.32 Å². The van der Waals surface area contributed by atoms with Gasteiger partial charge in [0.05, 0.1) is 0 Å². The van der Waals surface area contributed by atoms with E-state index in [4.69, 9.17) is 0 Å². The molecule has 88 valence electrons. The molecule has 0 aliphatic heterocycles. The Morgan fingerprint density at radius 2 is 2.19 bits per heavy atom. The first kappa shape index (κ1) is 11.9. The van der Waals surface area contributed by atoms with Gasteiger partial charge in [0.1, 0.15) is 5.75 Å². The first-order chi connectivity index (χ1) is 7.75. The zero-order valence-corrected chi connectivity index (χ0v) is 11.0. The molecule has 0 radical (unpaired) electrons. The number of hydrogen-bond acceptors (Lipinski definition) is 2. The van der Waals surface area contributed by atoms with Gasteiger partial charge < -0.3 is 10.4 Å². The van der Waals surface area contributed by atoms with Gasteiger partial charge in [-0.05, 0) is 49.1 Å². The molecule has 2 rings (SSSR count). The number of aromatic hydroxyl groups is 1. The third kappa shape index (κ3) is 3.80. The molecule has 0 atom stereocenters. The number of phenolic OH excluding ortho intramolecular Hbond substituents is 1. The Morgan fingerprint density at radius 1 is 1.38 bits per heavy atom. The second-order valence-corrected chi connectivity index (χ2v) is 5.39. The minimum absolute atomic E-state index is 0.331. The summed E-state index contributed by atoms with van der Waals surface area (Å²) in [4.78, 5) is 0. The quantitative estimate of drug-likeness (QED) is 0.784. The SMILES string of the molecule is Oc1ccc(Br)c(CNCCCC2CC2)c1. The molecule has 1 saturated carbocycles. The molecule has 3 heteroatoms. The van der Waals surface area contributed by atoms with Crippen molar-refractivity contribution in [2.45, 2.75) is 32.2 Å². The first-order valence-corrected chi connectivity index (χ1v) is 6.73. The molecule has 0 aromatic heterocycles. The molecule has 16 heavy (non-hydrogen) atoms. The molecular formula is C13H18BrNO. The zero-order chi connectivity index (χ0) is 11.4. The van der Waals surface area contributed by atoms with E-state index in [1.165, 1.54) is 25.7 Å². The molecule has 0 saturated heterocycles. The van der Waals surface area contributed by atoms with Gasteiger partial charge in [-0.1, -0.05) is 28.8 Å². The lowest BCUT2D eigenvalue weighted by Gasteiger charge is -2.07. The second-order valence-electron chi connectivity index (χ2n) is 4.54. The second kappa shape index (κ2) is 5.69. The van der Waals surface area contributed by atoms with Crippen molar-refractivity contribution in [1.29, 1.82) is 0 Å². The lowest BCUT2D eigenvalue weighted by molar-refractivity contribution is 0.473. The summed E-state index contributed by atoms with van der Waals surface area (Å²) in [7, 11) is 0. The Labute approximate surface area is 105 Å². The Hall–Kier alpha value is -0.540. The van der Waals surface area contributed by atoms with Crippen LogP contribution in [0.15, 0.2) is 22.7 Å². The van der Waals surface area contributed by atoms with Crippen molar-refractivity contribution in [2.24, 2.45) is 5.92 Å². The van der Waals surface area contributed by atoms with Crippen LogP contribution in [0.3, 0.4) is 0 Å². The monoisotopic (exact) mass is 283 g/mol. The number of hydrogen-bond donors (Lipinski definition) is 2. The average Bonchev–Trinajstić information content (AvgIpc) is 3.06. The van der Waals surface area contributed by atoms with Crippen molar-refractivity contribution in [3.05, 3.63) is 28.2 Å². The molecule has 0 bridgehead atoms. The summed E-state index contributed by atoms with van der Waals surface area (Å²) in [6.07, 6.45) is 5.52. The largest absolute Gasteiger partial charge is 0.508 e. The Kier molecular flexibility index (Phi) is 4.24. The van der Waals surface area contributed by atoms with Crippen molar-refractivity contribution in [2.75, 3.05) is 6.54 Å². The van der Waals surface area contributed by atoms with E-state index < -0.39 is 0 Å². The maximum atomic E-state index is 9.37. The molecule has 0 spiro atoms. The van der Waals surface area contributed by atoms with Crippen molar-refractivity contribution in [3.8, 4) is 5.75 Å². The lowest BCUT2D eigenvalue weighted by atomic mass is 10.2. The van der Waals surface area contributed by atoms with Gasteiger partial charge in [-0.25, -0.2) is 0 Å². The molecule has 1 aromatic rings. The van der Waals surface area contributed by atoms with E-state index in [2.05, 4.69) is 21.2 Å². The van der Waals surface area contributed by atoms with Gasteiger partial charge in [0.25, 0.3) is 0 Å². The smallest absolute Gasteiger partial charge is 0.115 e. The van der Waals surface area contributed by atoms with Crippen molar-refractivity contribution < 1.29 is 5.11 Å². The molecule has 0 unspecified atom stereocenters. The van der Waals surface area contributed by atoms with E-state index in [9.17, 15) is 5.11 Å². The van der Waals surface area contributed by atoms with Crippen LogP contribution in [0.1, 0.15) is 31.2 Å². The molecule has 2 N–H and O–H groups in total. The van der Waals surface area contributed by atoms with E-state index in [1.54, 1.807) is 12.1 Å². The highest BCUT2D eigenvalue weighted by molar-refractivity contribution is 9.10. The molecule has 2 nitrogen and oxygen atoms in total. The summed E-state index contributed by atoms with van der Waals surface area (Å²) in [6, 6.07) is 5.38. The predicted molar refractivity (Wildman–Crippen MR) is 69.5 cm³/mol. The summed E-state index contributed by atoms with van der Waals surface area (Å²) in [5.74, 6) is 1.35. The standard InChI is InChI=1S/C13H18BrNO/c14-13-6-5-12(16)8-11(13)9-15-7-1-2-10-3-4-10/h5-6,8,10,15-16H,1-4,7,9H2. The van der Waals surface area contributed by atoms with Crippen LogP contribution in [0.25, 0.3) is 0 Å². The average molecular weight is 284 g/mol. The number of halogens is 1. The minimum atomic E-state index is 0.331. The van der Waals surface area contributed by atoms with Crippen LogP contribution < -0.4 is 5.32 Å². The normalized spacial score (nSPS) is 15.3. The van der Waals surface area contributed by atoms with Crippen LogP contribution in [0.4, 0.5) is 0 Å². The van der Waals surface area contributed by atoms with E-state index in [0.29, 0.717) is 5.75 Å². The maximum absolute atomic E-state index is 9.37. The highest BCUT2D eigenvalue weighted by atomic mass is 79.9. The molecule has 1 fully saturated rings. The highest BCUT2D eigenvalue weighted by Crippen LogP contribution is 2.33. The summed E-state index contributed by atoms with van der Waals surface area (Å²) in [5, 5.41) is 12.8. The fraction of sp³-hybridized carbons (Fsp3) is 0.538. The Bertz CT molecular complexity index is 350. The van der Waals surface area contributed by atoms with Crippen LogP contribution >= 0.6 is 15.9 Å². The van der Waals surface area contributed by atoms with Crippen LogP contribution in [0, 0.1) is 5.92 Å². The van der Waals surface area contributed by atoms with Crippen molar-refractivity contribution >= 4 is 15.9 Å². The van der Waals surface area contributed by atoms with E-state index >= 15 is 0 Å². The number of phenols is 1. The number of benzene rings is 1. The Balaban J connectivity index is 1.69.